The third-order valence-corrected chi connectivity index (χ3v) is 3.59. The van der Waals surface area contributed by atoms with Crippen molar-refractivity contribution in [2.24, 2.45) is 0 Å². The number of nitrogens with one attached hydrogen (secondary N) is 3. The summed E-state index contributed by atoms with van der Waals surface area (Å²) >= 11 is 10.9. The first-order valence-corrected chi connectivity index (χ1v) is 7.87. The molecule has 1 aromatic heterocycles. The van der Waals surface area contributed by atoms with Gasteiger partial charge >= 0.3 is 0 Å². The molecular formula is C15H12ClN7OS. The summed E-state index contributed by atoms with van der Waals surface area (Å²) in [5.74, 6) is -0.330. The van der Waals surface area contributed by atoms with Crippen LogP contribution >= 0.6 is 23.8 Å². The number of hydrogen-bond donors (Lipinski definition) is 3. The molecule has 25 heavy (non-hydrogen) atoms. The molecule has 0 atom stereocenters. The van der Waals surface area contributed by atoms with Gasteiger partial charge in [0, 0.05) is 16.3 Å². The molecule has 0 fully saturated rings. The van der Waals surface area contributed by atoms with Gasteiger partial charge in [-0.2, -0.15) is 0 Å². The van der Waals surface area contributed by atoms with Crippen molar-refractivity contribution in [1.29, 1.82) is 0 Å². The minimum atomic E-state index is -0.330. The lowest BCUT2D eigenvalue weighted by Crippen LogP contribution is -2.43. The predicted octanol–water partition coefficient (Wildman–Crippen LogP) is 1.95. The van der Waals surface area contributed by atoms with E-state index in [4.69, 9.17) is 23.8 Å². The SMILES string of the molecule is O=C(NNC(=S)Nc1ccc(Cl)cc1)c1ccc(-n2cnnn2)cc1. The van der Waals surface area contributed by atoms with Crippen LogP contribution in [0.4, 0.5) is 5.69 Å². The fourth-order valence-electron chi connectivity index (χ4n) is 1.93. The van der Waals surface area contributed by atoms with E-state index in [1.165, 1.54) is 11.0 Å². The van der Waals surface area contributed by atoms with Gasteiger partial charge in [0.25, 0.3) is 5.91 Å². The van der Waals surface area contributed by atoms with E-state index in [-0.39, 0.29) is 11.0 Å². The molecule has 0 aliphatic carbocycles. The molecule has 10 heteroatoms. The number of thiocarbonyl (C=S) groups is 1. The lowest BCUT2D eigenvalue weighted by molar-refractivity contribution is 0.0944. The van der Waals surface area contributed by atoms with Crippen LogP contribution in [0.2, 0.25) is 5.02 Å². The van der Waals surface area contributed by atoms with E-state index in [2.05, 4.69) is 31.7 Å². The highest BCUT2D eigenvalue weighted by molar-refractivity contribution is 7.80. The molecule has 0 unspecified atom stereocenters. The van der Waals surface area contributed by atoms with Gasteiger partial charge in [0.2, 0.25) is 0 Å². The zero-order chi connectivity index (χ0) is 17.6. The zero-order valence-electron chi connectivity index (χ0n) is 12.7. The quantitative estimate of drug-likeness (QED) is 0.477. The van der Waals surface area contributed by atoms with Crippen LogP contribution in [0.15, 0.2) is 54.9 Å². The first-order chi connectivity index (χ1) is 12.1. The molecule has 1 heterocycles. The fraction of sp³-hybridized carbons (Fsp3) is 0. The lowest BCUT2D eigenvalue weighted by atomic mass is 10.2. The van der Waals surface area contributed by atoms with Crippen molar-refractivity contribution in [3.05, 3.63) is 65.4 Å². The molecule has 3 N–H and O–H groups in total. The standard InChI is InChI=1S/C15H12ClN7OS/c16-11-3-5-12(6-4-11)18-15(25)20-19-14(24)10-1-7-13(8-2-10)23-9-17-21-22-23/h1-9H,(H,19,24)(H2,18,20,25). The molecule has 0 radical (unpaired) electrons. The second-order valence-corrected chi connectivity index (χ2v) is 5.69. The predicted molar refractivity (Wildman–Crippen MR) is 97.4 cm³/mol. The summed E-state index contributed by atoms with van der Waals surface area (Å²) in [5, 5.41) is 14.7. The molecule has 0 aliphatic heterocycles. The van der Waals surface area contributed by atoms with Crippen LogP contribution in [0.25, 0.3) is 5.69 Å². The van der Waals surface area contributed by atoms with Crippen LogP contribution in [0, 0.1) is 0 Å². The van der Waals surface area contributed by atoms with E-state index in [0.29, 0.717) is 10.6 Å². The van der Waals surface area contributed by atoms with Crippen LogP contribution in [0.3, 0.4) is 0 Å². The maximum absolute atomic E-state index is 12.1. The summed E-state index contributed by atoms with van der Waals surface area (Å²) in [4.78, 5) is 12.1. The summed E-state index contributed by atoms with van der Waals surface area (Å²) in [6.07, 6.45) is 1.47. The van der Waals surface area contributed by atoms with Gasteiger partial charge in [-0.3, -0.25) is 15.6 Å². The van der Waals surface area contributed by atoms with E-state index in [1.54, 1.807) is 48.5 Å². The minimum Gasteiger partial charge on any atom is -0.331 e. The Hall–Kier alpha value is -3.04. The monoisotopic (exact) mass is 373 g/mol. The zero-order valence-corrected chi connectivity index (χ0v) is 14.3. The average molecular weight is 374 g/mol. The van der Waals surface area contributed by atoms with Gasteiger partial charge in [0.05, 0.1) is 5.69 Å². The Labute approximate surface area is 153 Å². The highest BCUT2D eigenvalue weighted by atomic mass is 35.5. The Morgan fingerprint density at radius 2 is 1.76 bits per heavy atom. The molecule has 0 bridgehead atoms. The third kappa shape index (κ3) is 4.49. The number of halogens is 1. The molecule has 0 saturated heterocycles. The Balaban J connectivity index is 1.53. The second kappa shape index (κ2) is 7.69. The first-order valence-electron chi connectivity index (χ1n) is 7.08. The van der Waals surface area contributed by atoms with Crippen molar-refractivity contribution in [2.75, 3.05) is 5.32 Å². The molecule has 2 aromatic carbocycles. The van der Waals surface area contributed by atoms with Gasteiger partial charge in [0.1, 0.15) is 6.33 Å². The summed E-state index contributed by atoms with van der Waals surface area (Å²) < 4.78 is 1.49. The number of carbonyl (C=O) groups excluding carboxylic acids is 1. The second-order valence-electron chi connectivity index (χ2n) is 4.84. The van der Waals surface area contributed by atoms with E-state index >= 15 is 0 Å². The number of amides is 1. The van der Waals surface area contributed by atoms with Crippen LogP contribution in [-0.2, 0) is 0 Å². The summed E-state index contributed by atoms with van der Waals surface area (Å²) in [6.45, 7) is 0. The Bertz CT molecular complexity index is 866. The number of benzene rings is 2. The molecular weight excluding hydrogens is 362 g/mol. The van der Waals surface area contributed by atoms with Crippen molar-refractivity contribution in [1.82, 2.24) is 31.1 Å². The van der Waals surface area contributed by atoms with Crippen LogP contribution < -0.4 is 16.2 Å². The highest BCUT2D eigenvalue weighted by Gasteiger charge is 2.07. The van der Waals surface area contributed by atoms with Crippen LogP contribution in [0.1, 0.15) is 10.4 Å². The van der Waals surface area contributed by atoms with Crippen molar-refractivity contribution in [3.8, 4) is 5.69 Å². The van der Waals surface area contributed by atoms with Crippen LogP contribution in [0.5, 0.6) is 0 Å². The van der Waals surface area contributed by atoms with Crippen molar-refractivity contribution in [2.45, 2.75) is 0 Å². The molecule has 3 rings (SSSR count). The molecule has 0 spiro atoms. The highest BCUT2D eigenvalue weighted by Crippen LogP contribution is 2.13. The molecule has 8 nitrogen and oxygen atoms in total. The third-order valence-electron chi connectivity index (χ3n) is 3.13. The van der Waals surface area contributed by atoms with E-state index in [9.17, 15) is 4.79 Å². The minimum absolute atomic E-state index is 0.251. The number of rotatable bonds is 3. The van der Waals surface area contributed by atoms with Gasteiger partial charge in [0.15, 0.2) is 5.11 Å². The number of carbonyl (C=O) groups is 1. The molecule has 126 valence electrons. The number of nitrogens with zero attached hydrogens (tertiary/aromatic N) is 4. The summed E-state index contributed by atoms with van der Waals surface area (Å²) in [7, 11) is 0. The number of hydrogen-bond acceptors (Lipinski definition) is 5. The fourth-order valence-corrected chi connectivity index (χ4v) is 2.22. The lowest BCUT2D eigenvalue weighted by Gasteiger charge is -2.12. The maximum Gasteiger partial charge on any atom is 0.269 e. The number of tetrazole rings is 1. The maximum atomic E-state index is 12.1. The topological polar surface area (TPSA) is 96.8 Å². The summed E-state index contributed by atoms with van der Waals surface area (Å²) in [5.41, 5.74) is 7.11. The molecule has 3 aromatic rings. The van der Waals surface area contributed by atoms with E-state index < -0.39 is 0 Å². The molecule has 0 aliphatic rings. The smallest absolute Gasteiger partial charge is 0.269 e. The average Bonchev–Trinajstić information content (AvgIpc) is 3.16. The largest absolute Gasteiger partial charge is 0.331 e. The Morgan fingerprint density at radius 1 is 1.04 bits per heavy atom. The number of anilines is 1. The van der Waals surface area contributed by atoms with Crippen molar-refractivity contribution < 1.29 is 4.79 Å². The molecule has 1 amide bonds. The van der Waals surface area contributed by atoms with Gasteiger partial charge < -0.3 is 5.32 Å². The first kappa shape index (κ1) is 16.8. The molecule has 0 saturated carbocycles. The normalized spacial score (nSPS) is 10.1. The number of hydrazine groups is 1. The van der Waals surface area contributed by atoms with E-state index in [1.807, 2.05) is 0 Å². The van der Waals surface area contributed by atoms with E-state index in [0.717, 1.165) is 11.4 Å². The Kier molecular flexibility index (Phi) is 5.17. The van der Waals surface area contributed by atoms with Crippen molar-refractivity contribution >= 4 is 40.5 Å². The van der Waals surface area contributed by atoms with Gasteiger partial charge in [-0.25, -0.2) is 4.68 Å². The Morgan fingerprint density at radius 3 is 2.40 bits per heavy atom. The van der Waals surface area contributed by atoms with Crippen molar-refractivity contribution in [3.63, 3.8) is 0 Å². The van der Waals surface area contributed by atoms with Gasteiger partial charge in [-0.15, -0.1) is 5.10 Å². The van der Waals surface area contributed by atoms with Gasteiger partial charge in [-0.05, 0) is 71.2 Å². The summed E-state index contributed by atoms with van der Waals surface area (Å²) in [6, 6.07) is 13.8. The number of aromatic nitrogens is 4. The van der Waals surface area contributed by atoms with Crippen LogP contribution in [-0.4, -0.2) is 31.2 Å². The van der Waals surface area contributed by atoms with Gasteiger partial charge in [-0.1, -0.05) is 11.6 Å².